The van der Waals surface area contributed by atoms with Crippen molar-refractivity contribution in [3.05, 3.63) is 59.4 Å². The van der Waals surface area contributed by atoms with Crippen molar-refractivity contribution in [1.82, 2.24) is 4.98 Å². The van der Waals surface area contributed by atoms with Crippen LogP contribution in [0.15, 0.2) is 36.7 Å². The number of pyridine rings is 1. The fraction of sp³-hybridized carbons (Fsp3) is 0.0769. The summed E-state index contributed by atoms with van der Waals surface area (Å²) in [6, 6.07) is 4.88. The van der Waals surface area contributed by atoms with Gasteiger partial charge in [-0.3, -0.25) is 9.78 Å². The van der Waals surface area contributed by atoms with Crippen molar-refractivity contribution in [2.75, 3.05) is 4.90 Å². The molecule has 0 unspecified atom stereocenters. The van der Waals surface area contributed by atoms with Crippen LogP contribution in [0.2, 0.25) is 0 Å². The van der Waals surface area contributed by atoms with Crippen molar-refractivity contribution in [1.29, 1.82) is 0 Å². The number of halogens is 2. The summed E-state index contributed by atoms with van der Waals surface area (Å²) in [6.07, 6.45) is 3.04. The van der Waals surface area contributed by atoms with Crippen LogP contribution in [0.4, 0.5) is 14.5 Å². The number of nitrogens with zero attached hydrogens (tertiary/aromatic N) is 2. The maximum Gasteiger partial charge on any atom is 0.260 e. The van der Waals surface area contributed by atoms with Gasteiger partial charge in [-0.15, -0.1) is 0 Å². The molecule has 3 nitrogen and oxygen atoms in total. The number of amides is 1. The zero-order valence-corrected chi connectivity index (χ0v) is 9.23. The molecule has 0 bridgehead atoms. The van der Waals surface area contributed by atoms with Crippen LogP contribution in [0.1, 0.15) is 15.9 Å². The summed E-state index contributed by atoms with van der Waals surface area (Å²) < 4.78 is 26.5. The lowest BCUT2D eigenvalue weighted by Gasteiger charge is -2.16. The summed E-state index contributed by atoms with van der Waals surface area (Å²) >= 11 is 0. The van der Waals surface area contributed by atoms with Crippen molar-refractivity contribution in [3.63, 3.8) is 0 Å². The maximum atomic E-state index is 13.6. The summed E-state index contributed by atoms with van der Waals surface area (Å²) in [6.45, 7) is 0.277. The summed E-state index contributed by atoms with van der Waals surface area (Å²) in [4.78, 5) is 17.2. The second kappa shape index (κ2) is 3.87. The van der Waals surface area contributed by atoms with Crippen molar-refractivity contribution in [2.45, 2.75) is 6.54 Å². The second-order valence-corrected chi connectivity index (χ2v) is 4.02. The molecular formula is C13H8F2N2O. The third-order valence-corrected chi connectivity index (χ3v) is 2.92. The van der Waals surface area contributed by atoms with Gasteiger partial charge in [-0.05, 0) is 23.8 Å². The SMILES string of the molecule is O=C1c2cnccc2CN1c1ccc(F)cc1F. The monoisotopic (exact) mass is 246 g/mol. The molecule has 5 heteroatoms. The van der Waals surface area contributed by atoms with Crippen LogP contribution in [-0.2, 0) is 6.54 Å². The van der Waals surface area contributed by atoms with Crippen LogP contribution in [0, 0.1) is 11.6 Å². The van der Waals surface area contributed by atoms with E-state index >= 15 is 0 Å². The fourth-order valence-corrected chi connectivity index (χ4v) is 2.04. The van der Waals surface area contributed by atoms with Gasteiger partial charge < -0.3 is 4.90 Å². The Morgan fingerprint density at radius 2 is 2.06 bits per heavy atom. The van der Waals surface area contributed by atoms with Crippen LogP contribution in [-0.4, -0.2) is 10.9 Å². The Bertz CT molecular complexity index is 643. The third-order valence-electron chi connectivity index (χ3n) is 2.92. The lowest BCUT2D eigenvalue weighted by atomic mass is 10.2. The summed E-state index contributed by atoms with van der Waals surface area (Å²) in [5, 5.41) is 0. The molecule has 3 rings (SSSR count). The van der Waals surface area contributed by atoms with Crippen molar-refractivity contribution in [3.8, 4) is 0 Å². The van der Waals surface area contributed by atoms with Gasteiger partial charge in [0.2, 0.25) is 0 Å². The molecule has 0 aliphatic carbocycles. The van der Waals surface area contributed by atoms with Crippen LogP contribution in [0.25, 0.3) is 0 Å². The lowest BCUT2D eigenvalue weighted by Crippen LogP contribution is -2.24. The van der Waals surface area contributed by atoms with E-state index in [-0.39, 0.29) is 18.1 Å². The summed E-state index contributed by atoms with van der Waals surface area (Å²) in [7, 11) is 0. The van der Waals surface area contributed by atoms with E-state index in [4.69, 9.17) is 0 Å². The van der Waals surface area contributed by atoms with Gasteiger partial charge >= 0.3 is 0 Å². The minimum atomic E-state index is -0.746. The van der Waals surface area contributed by atoms with Gasteiger partial charge in [0.1, 0.15) is 11.6 Å². The van der Waals surface area contributed by atoms with Crippen LogP contribution in [0.3, 0.4) is 0 Å². The average Bonchev–Trinajstić information content (AvgIpc) is 2.68. The molecule has 0 spiro atoms. The Kier molecular flexibility index (Phi) is 2.33. The zero-order chi connectivity index (χ0) is 12.7. The second-order valence-electron chi connectivity index (χ2n) is 4.02. The molecule has 0 N–H and O–H groups in total. The van der Waals surface area contributed by atoms with Crippen molar-refractivity contribution < 1.29 is 13.6 Å². The Hall–Kier alpha value is -2.30. The topological polar surface area (TPSA) is 33.2 Å². The fourth-order valence-electron chi connectivity index (χ4n) is 2.04. The van der Waals surface area contributed by atoms with Gasteiger partial charge in [-0.25, -0.2) is 8.78 Å². The highest BCUT2D eigenvalue weighted by Gasteiger charge is 2.30. The van der Waals surface area contributed by atoms with E-state index < -0.39 is 11.6 Å². The number of benzene rings is 1. The van der Waals surface area contributed by atoms with Crippen molar-refractivity contribution in [2.24, 2.45) is 0 Å². The van der Waals surface area contributed by atoms with E-state index in [9.17, 15) is 13.6 Å². The number of carbonyl (C=O) groups is 1. The van der Waals surface area contributed by atoms with Crippen LogP contribution < -0.4 is 4.90 Å². The highest BCUT2D eigenvalue weighted by molar-refractivity contribution is 6.09. The van der Waals surface area contributed by atoms with E-state index in [1.807, 2.05) is 0 Å². The molecule has 2 aromatic rings. The summed E-state index contributed by atoms with van der Waals surface area (Å²) in [5.41, 5.74) is 1.33. The smallest absolute Gasteiger partial charge is 0.260 e. The molecule has 1 aliphatic rings. The quantitative estimate of drug-likeness (QED) is 0.774. The maximum absolute atomic E-state index is 13.6. The Morgan fingerprint density at radius 1 is 1.22 bits per heavy atom. The lowest BCUT2D eigenvalue weighted by molar-refractivity contribution is 0.0995. The number of aromatic nitrogens is 1. The number of hydrogen-bond acceptors (Lipinski definition) is 2. The first-order chi connectivity index (χ1) is 8.66. The highest BCUT2D eigenvalue weighted by atomic mass is 19.1. The van der Waals surface area contributed by atoms with Gasteiger partial charge in [0.25, 0.3) is 5.91 Å². The standard InChI is InChI=1S/C13H8F2N2O/c14-9-1-2-12(11(15)5-9)17-7-8-3-4-16-6-10(8)13(17)18/h1-6H,7H2. The molecule has 0 saturated heterocycles. The van der Waals surface area contributed by atoms with Crippen LogP contribution >= 0.6 is 0 Å². The first-order valence-electron chi connectivity index (χ1n) is 5.36. The molecule has 0 saturated carbocycles. The zero-order valence-electron chi connectivity index (χ0n) is 9.23. The molecule has 1 aliphatic heterocycles. The molecule has 0 fully saturated rings. The molecule has 0 atom stereocenters. The molecular weight excluding hydrogens is 238 g/mol. The van der Waals surface area contributed by atoms with Gasteiger partial charge in [0, 0.05) is 18.5 Å². The van der Waals surface area contributed by atoms with Gasteiger partial charge in [-0.2, -0.15) is 0 Å². The van der Waals surface area contributed by atoms with E-state index in [1.54, 1.807) is 12.3 Å². The molecule has 1 amide bonds. The number of carbonyl (C=O) groups excluding carboxylic acids is 1. The predicted molar refractivity (Wildman–Crippen MR) is 61.1 cm³/mol. The summed E-state index contributed by atoms with van der Waals surface area (Å²) in [5.74, 6) is -1.73. The molecule has 18 heavy (non-hydrogen) atoms. The molecule has 0 radical (unpaired) electrons. The van der Waals surface area contributed by atoms with Crippen LogP contribution in [0.5, 0.6) is 0 Å². The normalized spacial score (nSPS) is 13.9. The Balaban J connectivity index is 2.04. The number of hydrogen-bond donors (Lipinski definition) is 0. The Labute approximate surface area is 102 Å². The van der Waals surface area contributed by atoms with Gasteiger partial charge in [-0.1, -0.05) is 0 Å². The largest absolute Gasteiger partial charge is 0.301 e. The van der Waals surface area contributed by atoms with Gasteiger partial charge in [0.05, 0.1) is 17.8 Å². The number of rotatable bonds is 1. The first-order valence-corrected chi connectivity index (χ1v) is 5.36. The van der Waals surface area contributed by atoms with Crippen molar-refractivity contribution >= 4 is 11.6 Å². The number of anilines is 1. The molecule has 2 heterocycles. The molecule has 1 aromatic carbocycles. The number of fused-ring (bicyclic) bond motifs is 1. The first kappa shape index (κ1) is 10.8. The molecule has 1 aromatic heterocycles. The minimum absolute atomic E-state index is 0.0811. The van der Waals surface area contributed by atoms with E-state index in [1.165, 1.54) is 17.2 Å². The Morgan fingerprint density at radius 3 is 2.78 bits per heavy atom. The average molecular weight is 246 g/mol. The predicted octanol–water partition coefficient (Wildman–Crippen LogP) is 2.52. The van der Waals surface area contributed by atoms with Gasteiger partial charge in [0.15, 0.2) is 0 Å². The highest BCUT2D eigenvalue weighted by Crippen LogP contribution is 2.29. The third kappa shape index (κ3) is 1.55. The van der Waals surface area contributed by atoms with E-state index in [2.05, 4.69) is 4.98 Å². The minimum Gasteiger partial charge on any atom is -0.301 e. The molecule has 90 valence electrons. The van der Waals surface area contributed by atoms with E-state index in [0.29, 0.717) is 5.56 Å². The van der Waals surface area contributed by atoms with E-state index in [0.717, 1.165) is 17.7 Å².